The number of carbonyl (C=O) groups is 1. The van der Waals surface area contributed by atoms with E-state index in [0.29, 0.717) is 16.4 Å². The fraction of sp³-hybridized carbons (Fsp3) is 0.500. The molecular formula is C8H8BNO2S. The number of hydrogen-bond acceptors (Lipinski definition) is 4. The Kier molecular flexibility index (Phi) is 2.11. The van der Waals surface area contributed by atoms with Crippen LogP contribution in [0, 0.1) is 0 Å². The van der Waals surface area contributed by atoms with Gasteiger partial charge in [-0.3, -0.25) is 4.98 Å². The number of hydrogen-bond donors (Lipinski definition) is 0. The molecule has 0 N–H and O–H groups in total. The Morgan fingerprint density at radius 3 is 2.92 bits per heavy atom. The molecule has 0 amide bonds. The van der Waals surface area contributed by atoms with E-state index in [-0.39, 0.29) is 5.97 Å². The molecule has 0 saturated heterocycles. The van der Waals surface area contributed by atoms with Crippen LogP contribution in [0.1, 0.15) is 33.4 Å². The molecule has 1 fully saturated rings. The third-order valence-electron chi connectivity index (χ3n) is 1.97. The second-order valence-electron chi connectivity index (χ2n) is 3.03. The molecule has 1 aromatic rings. The van der Waals surface area contributed by atoms with Crippen molar-refractivity contribution < 1.29 is 9.53 Å². The number of thiazole rings is 1. The Hall–Kier alpha value is -0.835. The molecule has 2 rings (SSSR count). The summed E-state index contributed by atoms with van der Waals surface area (Å²) in [7, 11) is 6.93. The van der Waals surface area contributed by atoms with E-state index in [9.17, 15) is 4.79 Å². The van der Waals surface area contributed by atoms with Crippen LogP contribution in [-0.2, 0) is 4.74 Å². The predicted octanol–water partition coefficient (Wildman–Crippen LogP) is 0.601. The van der Waals surface area contributed by atoms with Gasteiger partial charge in [-0.25, -0.2) is 4.79 Å². The number of rotatable bonds is 2. The van der Waals surface area contributed by atoms with Crippen LogP contribution in [0.25, 0.3) is 0 Å². The fourth-order valence-electron chi connectivity index (χ4n) is 1.09. The average Bonchev–Trinajstić information content (AvgIpc) is 2.89. The van der Waals surface area contributed by atoms with E-state index in [1.807, 2.05) is 0 Å². The summed E-state index contributed by atoms with van der Waals surface area (Å²) in [5, 5.41) is 0.970. The molecule has 0 aromatic carbocycles. The molecule has 66 valence electrons. The molecule has 2 radical (unpaired) electrons. The van der Waals surface area contributed by atoms with Crippen molar-refractivity contribution in [3.8, 4) is 0 Å². The Balaban J connectivity index is 2.29. The zero-order valence-electron chi connectivity index (χ0n) is 7.24. The van der Waals surface area contributed by atoms with Crippen LogP contribution in [-0.4, -0.2) is 25.9 Å². The van der Waals surface area contributed by atoms with Crippen LogP contribution < -0.4 is 5.59 Å². The maximum atomic E-state index is 11.2. The van der Waals surface area contributed by atoms with Gasteiger partial charge in [0.2, 0.25) is 0 Å². The Morgan fingerprint density at radius 2 is 2.38 bits per heavy atom. The van der Waals surface area contributed by atoms with Crippen molar-refractivity contribution in [1.82, 2.24) is 4.98 Å². The first-order valence-corrected chi connectivity index (χ1v) is 4.88. The maximum absolute atomic E-state index is 11.2. The van der Waals surface area contributed by atoms with Crippen molar-refractivity contribution >= 4 is 30.7 Å². The van der Waals surface area contributed by atoms with Gasteiger partial charge in [-0.15, -0.1) is 11.3 Å². The normalized spacial score (nSPS) is 15.8. The highest BCUT2D eigenvalue weighted by Crippen LogP contribution is 2.41. The summed E-state index contributed by atoms with van der Waals surface area (Å²) >= 11 is 1.35. The number of methoxy groups -OCH3 is 1. The highest BCUT2D eigenvalue weighted by atomic mass is 32.1. The number of carbonyl (C=O) groups excluding carboxylic acids is 1. The Labute approximate surface area is 81.5 Å². The molecule has 0 bridgehead atoms. The highest BCUT2D eigenvalue weighted by molar-refractivity contribution is 7.14. The van der Waals surface area contributed by atoms with Gasteiger partial charge in [0.25, 0.3) is 0 Å². The lowest BCUT2D eigenvalue weighted by molar-refractivity contribution is 0.0607. The first-order chi connectivity index (χ1) is 6.22. The smallest absolute Gasteiger partial charge is 0.349 e. The SMILES string of the molecule is [B]c1nc(C2CC2)sc1C(=O)OC. The zero-order chi connectivity index (χ0) is 9.42. The van der Waals surface area contributed by atoms with Crippen LogP contribution in [0.5, 0.6) is 0 Å². The second-order valence-corrected chi connectivity index (χ2v) is 4.06. The van der Waals surface area contributed by atoms with E-state index in [4.69, 9.17) is 7.85 Å². The largest absolute Gasteiger partial charge is 0.465 e. The lowest BCUT2D eigenvalue weighted by Crippen LogP contribution is -2.14. The van der Waals surface area contributed by atoms with Crippen molar-refractivity contribution in [2.75, 3.05) is 7.11 Å². The number of esters is 1. The molecule has 5 heteroatoms. The topological polar surface area (TPSA) is 39.2 Å². The van der Waals surface area contributed by atoms with Crippen LogP contribution in [0.3, 0.4) is 0 Å². The van der Waals surface area contributed by atoms with Gasteiger partial charge in [0, 0.05) is 11.5 Å². The summed E-state index contributed by atoms with van der Waals surface area (Å²) in [5.74, 6) is 0.146. The summed E-state index contributed by atoms with van der Waals surface area (Å²) in [5.41, 5.74) is 0.304. The van der Waals surface area contributed by atoms with Crippen LogP contribution in [0.15, 0.2) is 0 Å². The molecule has 1 aliphatic rings. The van der Waals surface area contributed by atoms with Gasteiger partial charge in [-0.2, -0.15) is 0 Å². The molecule has 0 unspecified atom stereocenters. The summed E-state index contributed by atoms with van der Waals surface area (Å²) in [6, 6.07) is 0. The minimum atomic E-state index is -0.387. The zero-order valence-corrected chi connectivity index (χ0v) is 8.06. The molecule has 1 aromatic heterocycles. The van der Waals surface area contributed by atoms with Gasteiger partial charge >= 0.3 is 5.97 Å². The standard InChI is InChI=1S/C8H8BNO2S/c1-12-8(11)5-6(9)10-7(13-5)4-2-3-4/h4H,2-3H2,1H3. The monoisotopic (exact) mass is 193 g/mol. The minimum absolute atomic E-state index is 0.304. The quantitative estimate of drug-likeness (QED) is 0.510. The van der Waals surface area contributed by atoms with Gasteiger partial charge in [0.05, 0.1) is 12.1 Å². The van der Waals surface area contributed by atoms with Crippen molar-refractivity contribution in [1.29, 1.82) is 0 Å². The summed E-state index contributed by atoms with van der Waals surface area (Å²) in [6.45, 7) is 0. The van der Waals surface area contributed by atoms with Crippen molar-refractivity contribution in [2.45, 2.75) is 18.8 Å². The van der Waals surface area contributed by atoms with Gasteiger partial charge in [0.15, 0.2) is 0 Å². The van der Waals surface area contributed by atoms with Gasteiger partial charge < -0.3 is 4.74 Å². The molecule has 1 saturated carbocycles. The van der Waals surface area contributed by atoms with Crippen LogP contribution in [0.4, 0.5) is 0 Å². The molecule has 3 nitrogen and oxygen atoms in total. The molecule has 0 atom stereocenters. The van der Waals surface area contributed by atoms with Crippen LogP contribution in [0.2, 0.25) is 0 Å². The number of aromatic nitrogens is 1. The molecule has 0 spiro atoms. The average molecular weight is 193 g/mol. The van der Waals surface area contributed by atoms with Crippen molar-refractivity contribution in [3.05, 3.63) is 9.88 Å². The lowest BCUT2D eigenvalue weighted by Gasteiger charge is -1.93. The van der Waals surface area contributed by atoms with E-state index in [1.54, 1.807) is 0 Å². The first-order valence-electron chi connectivity index (χ1n) is 4.07. The fourth-order valence-corrected chi connectivity index (χ4v) is 2.17. The molecule has 1 heterocycles. The first kappa shape index (κ1) is 8.75. The second kappa shape index (κ2) is 3.14. The molecular weight excluding hydrogens is 185 g/mol. The van der Waals surface area contributed by atoms with Gasteiger partial charge in [-0.05, 0) is 12.8 Å². The minimum Gasteiger partial charge on any atom is -0.465 e. The Bertz CT molecular complexity index is 346. The summed E-state index contributed by atoms with van der Waals surface area (Å²) in [4.78, 5) is 15.7. The van der Waals surface area contributed by atoms with E-state index in [0.717, 1.165) is 17.8 Å². The van der Waals surface area contributed by atoms with Crippen molar-refractivity contribution in [2.24, 2.45) is 0 Å². The maximum Gasteiger partial charge on any atom is 0.349 e. The van der Waals surface area contributed by atoms with Gasteiger partial charge in [0.1, 0.15) is 12.7 Å². The van der Waals surface area contributed by atoms with Gasteiger partial charge in [-0.1, -0.05) is 0 Å². The third kappa shape index (κ3) is 1.61. The highest BCUT2D eigenvalue weighted by Gasteiger charge is 2.28. The van der Waals surface area contributed by atoms with Crippen molar-refractivity contribution in [3.63, 3.8) is 0 Å². The van der Waals surface area contributed by atoms with E-state index < -0.39 is 0 Å². The molecule has 0 aliphatic heterocycles. The predicted molar refractivity (Wildman–Crippen MR) is 50.8 cm³/mol. The van der Waals surface area contributed by atoms with E-state index >= 15 is 0 Å². The molecule has 1 aliphatic carbocycles. The van der Waals surface area contributed by atoms with E-state index in [2.05, 4.69) is 9.72 Å². The molecule has 13 heavy (non-hydrogen) atoms. The van der Waals surface area contributed by atoms with Crippen LogP contribution >= 0.6 is 11.3 Å². The Morgan fingerprint density at radius 1 is 1.69 bits per heavy atom. The summed E-state index contributed by atoms with van der Waals surface area (Å²) < 4.78 is 4.58. The summed E-state index contributed by atoms with van der Waals surface area (Å²) in [6.07, 6.45) is 2.32. The van der Waals surface area contributed by atoms with E-state index in [1.165, 1.54) is 18.4 Å². The number of ether oxygens (including phenoxy) is 1. The lowest BCUT2D eigenvalue weighted by atomic mass is 10.0. The third-order valence-corrected chi connectivity index (χ3v) is 3.18. The number of nitrogens with zero attached hydrogens (tertiary/aromatic N) is 1.